The van der Waals surface area contributed by atoms with Gasteiger partial charge in [0.05, 0.1) is 10.6 Å². The summed E-state index contributed by atoms with van der Waals surface area (Å²) in [4.78, 5) is 24.0. The number of carbonyl (C=O) groups is 1. The van der Waals surface area contributed by atoms with E-state index in [0.29, 0.717) is 11.4 Å². The van der Waals surface area contributed by atoms with Gasteiger partial charge in [-0.1, -0.05) is 54.6 Å². The Bertz CT molecular complexity index is 1340. The van der Waals surface area contributed by atoms with E-state index in [1.165, 1.54) is 22.7 Å². The van der Waals surface area contributed by atoms with Gasteiger partial charge in [0, 0.05) is 27.2 Å². The van der Waals surface area contributed by atoms with Gasteiger partial charge in [0.2, 0.25) is 0 Å². The van der Waals surface area contributed by atoms with Gasteiger partial charge in [-0.2, -0.15) is 0 Å². The van der Waals surface area contributed by atoms with Crippen molar-refractivity contribution in [1.82, 2.24) is 9.88 Å². The maximum absolute atomic E-state index is 13.4. The van der Waals surface area contributed by atoms with Gasteiger partial charge in [0.15, 0.2) is 5.17 Å². The maximum Gasteiger partial charge on any atom is 0.266 e. The Labute approximate surface area is 204 Å². The number of benzene rings is 3. The minimum absolute atomic E-state index is 0.00387. The highest BCUT2D eigenvalue weighted by atomic mass is 127. The fraction of sp³-hybridized carbons (Fsp3) is 0.0769. The summed E-state index contributed by atoms with van der Waals surface area (Å²) in [6, 6.07) is 26.1. The highest BCUT2D eigenvalue weighted by molar-refractivity contribution is 14.1. The van der Waals surface area contributed by atoms with Crippen LogP contribution < -0.4 is 0 Å². The third-order valence-corrected chi connectivity index (χ3v) is 7.33. The molecule has 4 nitrogen and oxygen atoms in total. The van der Waals surface area contributed by atoms with Crippen LogP contribution in [0.25, 0.3) is 17.0 Å². The molecule has 158 valence electrons. The van der Waals surface area contributed by atoms with E-state index in [4.69, 9.17) is 4.99 Å². The fourth-order valence-electron chi connectivity index (χ4n) is 3.71. The summed E-state index contributed by atoms with van der Waals surface area (Å²) in [6.07, 6.45) is 4.76. The second-order valence-corrected chi connectivity index (χ2v) is 9.60. The largest absolute Gasteiger partial charge is 0.361 e. The molecule has 0 saturated carbocycles. The van der Waals surface area contributed by atoms with Gasteiger partial charge in [-0.25, -0.2) is 4.99 Å². The molecular formula is C26H20IN3OS. The van der Waals surface area contributed by atoms with Gasteiger partial charge >= 0.3 is 0 Å². The average molecular weight is 549 g/mol. The lowest BCUT2D eigenvalue weighted by Gasteiger charge is -2.15. The van der Waals surface area contributed by atoms with Crippen molar-refractivity contribution in [3.63, 3.8) is 0 Å². The Morgan fingerprint density at radius 3 is 2.56 bits per heavy atom. The minimum atomic E-state index is 0.00387. The van der Waals surface area contributed by atoms with E-state index in [9.17, 15) is 4.79 Å². The Morgan fingerprint density at radius 1 is 0.969 bits per heavy atom. The highest BCUT2D eigenvalue weighted by Gasteiger charge is 2.33. The summed E-state index contributed by atoms with van der Waals surface area (Å²) in [5.41, 5.74) is 4.20. The Kier molecular flexibility index (Phi) is 6.14. The number of aliphatic imine (C=N–C) groups is 1. The molecule has 0 radical (unpaired) electrons. The summed E-state index contributed by atoms with van der Waals surface area (Å²) in [5.74, 6) is 0.00387. The first-order valence-electron chi connectivity index (χ1n) is 10.3. The number of nitrogens with zero attached hydrogens (tertiary/aromatic N) is 2. The number of halogens is 1. The number of nitrogens with one attached hydrogen (secondary N) is 1. The molecule has 0 unspecified atom stereocenters. The molecule has 1 amide bonds. The summed E-state index contributed by atoms with van der Waals surface area (Å²) in [6.45, 7) is 0.572. The number of amidine groups is 1. The van der Waals surface area contributed by atoms with Gasteiger partial charge in [0.25, 0.3) is 5.91 Å². The third kappa shape index (κ3) is 4.38. The topological polar surface area (TPSA) is 48.5 Å². The first-order valence-corrected chi connectivity index (χ1v) is 12.2. The van der Waals surface area contributed by atoms with Crippen LogP contribution >= 0.6 is 34.4 Å². The molecule has 6 heteroatoms. The fourth-order valence-corrected chi connectivity index (χ4v) is 5.26. The van der Waals surface area contributed by atoms with E-state index < -0.39 is 0 Å². The van der Waals surface area contributed by atoms with Crippen LogP contribution in [0, 0.1) is 3.57 Å². The third-order valence-electron chi connectivity index (χ3n) is 5.34. The van der Waals surface area contributed by atoms with Gasteiger partial charge in [-0.3, -0.25) is 9.69 Å². The first-order chi connectivity index (χ1) is 15.7. The second kappa shape index (κ2) is 9.34. The maximum atomic E-state index is 13.4. The molecule has 0 spiro atoms. The SMILES string of the molecule is O=C1/C(=C/c2ccccc2I)SC(=Nc2ccccc2)N1CCc1c[nH]c2ccccc12. The number of carbonyl (C=O) groups excluding carboxylic acids is 1. The van der Waals surface area contributed by atoms with Crippen molar-refractivity contribution in [3.05, 3.63) is 105 Å². The number of thioether (sulfide) groups is 1. The van der Waals surface area contributed by atoms with Crippen LogP contribution in [-0.2, 0) is 11.2 Å². The van der Waals surface area contributed by atoms with Crippen LogP contribution in [0.3, 0.4) is 0 Å². The van der Waals surface area contributed by atoms with Gasteiger partial charge < -0.3 is 4.98 Å². The monoisotopic (exact) mass is 549 g/mol. The molecule has 0 atom stereocenters. The number of aromatic amines is 1. The van der Waals surface area contributed by atoms with E-state index in [1.54, 1.807) is 4.90 Å². The van der Waals surface area contributed by atoms with Crippen molar-refractivity contribution in [2.75, 3.05) is 6.54 Å². The number of H-pyrrole nitrogens is 1. The predicted molar refractivity (Wildman–Crippen MR) is 142 cm³/mol. The predicted octanol–water partition coefficient (Wildman–Crippen LogP) is 6.62. The number of hydrogen-bond donors (Lipinski definition) is 1. The van der Waals surface area contributed by atoms with E-state index in [1.807, 2.05) is 79.0 Å². The molecule has 1 saturated heterocycles. The molecule has 3 aromatic carbocycles. The molecule has 0 aliphatic carbocycles. The van der Waals surface area contributed by atoms with Crippen molar-refractivity contribution in [2.45, 2.75) is 6.42 Å². The number of fused-ring (bicyclic) bond motifs is 1. The summed E-state index contributed by atoms with van der Waals surface area (Å²) in [7, 11) is 0. The lowest BCUT2D eigenvalue weighted by Crippen LogP contribution is -2.31. The lowest BCUT2D eigenvalue weighted by molar-refractivity contribution is -0.122. The van der Waals surface area contributed by atoms with E-state index in [-0.39, 0.29) is 5.91 Å². The molecule has 1 aliphatic heterocycles. The number of rotatable bonds is 5. The Hall–Kier alpha value is -2.84. The quantitative estimate of drug-likeness (QED) is 0.225. The molecule has 32 heavy (non-hydrogen) atoms. The van der Waals surface area contributed by atoms with Gasteiger partial charge in [-0.05, 0) is 82.2 Å². The van der Waals surface area contributed by atoms with Crippen LogP contribution in [0.5, 0.6) is 0 Å². The molecular weight excluding hydrogens is 529 g/mol. The zero-order valence-corrected chi connectivity index (χ0v) is 20.1. The Morgan fingerprint density at radius 2 is 1.72 bits per heavy atom. The van der Waals surface area contributed by atoms with Gasteiger partial charge in [0.1, 0.15) is 0 Å². The highest BCUT2D eigenvalue weighted by Crippen LogP contribution is 2.35. The summed E-state index contributed by atoms with van der Waals surface area (Å²) in [5, 5.41) is 1.92. The molecule has 1 N–H and O–H groups in total. The number of hydrogen-bond acceptors (Lipinski definition) is 3. The standard InChI is InChI=1S/C26H20IN3OS/c27-22-12-6-4-8-18(22)16-24-25(31)30(26(32-24)29-20-9-2-1-3-10-20)15-14-19-17-28-23-13-7-5-11-21(19)23/h1-13,16-17,28H,14-15H2/b24-16-,29-26?. The molecule has 5 rings (SSSR count). The van der Waals surface area contributed by atoms with Crippen LogP contribution in [0.2, 0.25) is 0 Å². The van der Waals surface area contributed by atoms with Crippen LogP contribution in [-0.4, -0.2) is 27.5 Å². The molecule has 2 heterocycles. The van der Waals surface area contributed by atoms with Crippen LogP contribution in [0.4, 0.5) is 5.69 Å². The van der Waals surface area contributed by atoms with E-state index in [0.717, 1.165) is 31.9 Å². The zero-order chi connectivity index (χ0) is 21.9. The molecule has 1 aliphatic rings. The van der Waals surface area contributed by atoms with Crippen molar-refractivity contribution in [3.8, 4) is 0 Å². The van der Waals surface area contributed by atoms with Crippen molar-refractivity contribution in [2.24, 2.45) is 4.99 Å². The zero-order valence-electron chi connectivity index (χ0n) is 17.2. The number of aromatic nitrogens is 1. The number of para-hydroxylation sites is 2. The van der Waals surface area contributed by atoms with E-state index in [2.05, 4.69) is 39.7 Å². The number of amides is 1. The minimum Gasteiger partial charge on any atom is -0.361 e. The Balaban J connectivity index is 1.46. The van der Waals surface area contributed by atoms with Crippen molar-refractivity contribution >= 4 is 68.1 Å². The average Bonchev–Trinajstić information content (AvgIpc) is 3.35. The van der Waals surface area contributed by atoms with Crippen molar-refractivity contribution < 1.29 is 4.79 Å². The molecule has 1 fully saturated rings. The molecule has 1 aromatic heterocycles. The first kappa shape index (κ1) is 21.0. The van der Waals surface area contributed by atoms with Crippen LogP contribution in [0.1, 0.15) is 11.1 Å². The normalized spacial score (nSPS) is 16.5. The van der Waals surface area contributed by atoms with Gasteiger partial charge in [-0.15, -0.1) is 0 Å². The van der Waals surface area contributed by atoms with Crippen LogP contribution in [0.15, 0.2) is 95.0 Å². The van der Waals surface area contributed by atoms with Crippen molar-refractivity contribution in [1.29, 1.82) is 0 Å². The summed E-state index contributed by atoms with van der Waals surface area (Å²) >= 11 is 3.74. The molecule has 0 bridgehead atoms. The van der Waals surface area contributed by atoms with E-state index >= 15 is 0 Å². The second-order valence-electron chi connectivity index (χ2n) is 7.43. The smallest absolute Gasteiger partial charge is 0.266 e. The lowest BCUT2D eigenvalue weighted by atomic mass is 10.1. The summed E-state index contributed by atoms with van der Waals surface area (Å²) < 4.78 is 1.12. The molecule has 4 aromatic rings.